The Hall–Kier alpha value is -2.14. The maximum atomic E-state index is 11.8. The lowest BCUT2D eigenvalue weighted by Gasteiger charge is -2.11. The van der Waals surface area contributed by atoms with Crippen LogP contribution in [0, 0.1) is 0 Å². The van der Waals surface area contributed by atoms with Crippen LogP contribution in [0.1, 0.15) is 19.8 Å². The van der Waals surface area contributed by atoms with E-state index in [4.69, 9.17) is 0 Å². The summed E-state index contributed by atoms with van der Waals surface area (Å²) in [5, 5.41) is 16.2. The fourth-order valence-electron chi connectivity index (χ4n) is 1.74. The minimum atomic E-state index is -0.466. The second-order valence-electron chi connectivity index (χ2n) is 4.40. The number of amides is 1. The van der Waals surface area contributed by atoms with Crippen molar-refractivity contribution in [2.45, 2.75) is 25.9 Å². The molecule has 0 fully saturated rings. The van der Waals surface area contributed by atoms with E-state index in [1.165, 1.54) is 0 Å². The molecule has 19 heavy (non-hydrogen) atoms. The van der Waals surface area contributed by atoms with Gasteiger partial charge in [0.15, 0.2) is 0 Å². The van der Waals surface area contributed by atoms with Crippen LogP contribution in [-0.4, -0.2) is 26.9 Å². The van der Waals surface area contributed by atoms with Gasteiger partial charge in [-0.3, -0.25) is 4.79 Å². The third-order valence-corrected chi connectivity index (χ3v) is 2.72. The Morgan fingerprint density at radius 1 is 1.42 bits per heavy atom. The summed E-state index contributed by atoms with van der Waals surface area (Å²) in [5.41, 5.74) is 1.53. The highest BCUT2D eigenvalue weighted by molar-refractivity contribution is 5.92. The summed E-state index contributed by atoms with van der Waals surface area (Å²) in [6.07, 6.45) is 3.79. The average molecular weight is 259 g/mol. The lowest BCUT2D eigenvalue weighted by Crippen LogP contribution is -2.15. The summed E-state index contributed by atoms with van der Waals surface area (Å²) < 4.78 is 1.70. The fraction of sp³-hybridized carbons (Fsp3) is 0.286. The monoisotopic (exact) mass is 259 g/mol. The van der Waals surface area contributed by atoms with Crippen LogP contribution in [0.2, 0.25) is 0 Å². The zero-order valence-corrected chi connectivity index (χ0v) is 10.8. The third kappa shape index (κ3) is 3.66. The van der Waals surface area contributed by atoms with Crippen molar-refractivity contribution in [1.29, 1.82) is 0 Å². The van der Waals surface area contributed by atoms with Crippen molar-refractivity contribution in [2.24, 2.45) is 0 Å². The molecule has 0 radical (unpaired) electrons. The summed E-state index contributed by atoms with van der Waals surface area (Å²) in [4.78, 5) is 11.8. The molecule has 0 spiro atoms. The molecule has 5 nitrogen and oxygen atoms in total. The summed E-state index contributed by atoms with van der Waals surface area (Å²) in [7, 11) is 0. The molecular weight excluding hydrogens is 242 g/mol. The number of aromatic nitrogens is 2. The standard InChI is InChI=1S/C14H17N3O2/c1-11(18)7-8-14(19)16-12-5-2-3-6-13(12)17-10-4-9-15-17/h2-6,9-11,18H,7-8H2,1H3,(H,16,19). The Kier molecular flexibility index (Phi) is 4.30. The van der Waals surface area contributed by atoms with Crippen molar-refractivity contribution in [3.63, 3.8) is 0 Å². The van der Waals surface area contributed by atoms with Crippen LogP contribution >= 0.6 is 0 Å². The third-order valence-electron chi connectivity index (χ3n) is 2.72. The molecule has 2 N–H and O–H groups in total. The van der Waals surface area contributed by atoms with Gasteiger partial charge < -0.3 is 10.4 Å². The molecule has 0 aliphatic heterocycles. The van der Waals surface area contributed by atoms with Gasteiger partial charge >= 0.3 is 0 Å². The first-order chi connectivity index (χ1) is 9.16. The number of aliphatic hydroxyl groups excluding tert-OH is 1. The Morgan fingerprint density at radius 3 is 2.89 bits per heavy atom. The van der Waals surface area contributed by atoms with Crippen molar-refractivity contribution in [3.05, 3.63) is 42.7 Å². The first-order valence-electron chi connectivity index (χ1n) is 6.24. The lowest BCUT2D eigenvalue weighted by atomic mass is 10.2. The number of benzene rings is 1. The summed E-state index contributed by atoms with van der Waals surface area (Å²) in [5.74, 6) is -0.111. The molecule has 100 valence electrons. The number of anilines is 1. The van der Waals surface area contributed by atoms with Gasteiger partial charge in [0.25, 0.3) is 0 Å². The largest absolute Gasteiger partial charge is 0.393 e. The number of carbonyl (C=O) groups excluding carboxylic acids is 1. The second kappa shape index (κ2) is 6.15. The van der Waals surface area contributed by atoms with Crippen LogP contribution in [0.25, 0.3) is 5.69 Å². The number of nitrogens with zero attached hydrogens (tertiary/aromatic N) is 2. The molecule has 5 heteroatoms. The number of carbonyl (C=O) groups is 1. The normalized spacial score (nSPS) is 12.1. The van der Waals surface area contributed by atoms with Crippen molar-refractivity contribution >= 4 is 11.6 Å². The van der Waals surface area contributed by atoms with Gasteiger partial charge in [-0.05, 0) is 31.5 Å². The van der Waals surface area contributed by atoms with E-state index in [0.29, 0.717) is 18.5 Å². The van der Waals surface area contributed by atoms with E-state index in [1.807, 2.05) is 36.5 Å². The zero-order valence-electron chi connectivity index (χ0n) is 10.8. The SMILES string of the molecule is CC(O)CCC(=O)Nc1ccccc1-n1cccn1. The minimum Gasteiger partial charge on any atom is -0.393 e. The van der Waals surface area contributed by atoms with Gasteiger partial charge in [-0.2, -0.15) is 5.10 Å². The Labute approximate surface area is 111 Å². The molecule has 1 atom stereocenters. The lowest BCUT2D eigenvalue weighted by molar-refractivity contribution is -0.116. The molecule has 0 aliphatic carbocycles. The summed E-state index contributed by atoms with van der Waals surface area (Å²) in [6, 6.07) is 9.29. The first kappa shape index (κ1) is 13.3. The van der Waals surface area contributed by atoms with E-state index in [1.54, 1.807) is 17.8 Å². The van der Waals surface area contributed by atoms with Crippen molar-refractivity contribution in [2.75, 3.05) is 5.32 Å². The van der Waals surface area contributed by atoms with Crippen LogP contribution in [0.4, 0.5) is 5.69 Å². The van der Waals surface area contributed by atoms with Crippen LogP contribution < -0.4 is 5.32 Å². The molecule has 0 aliphatic rings. The molecule has 1 aromatic heterocycles. The average Bonchev–Trinajstić information content (AvgIpc) is 2.91. The molecule has 0 saturated heterocycles. The second-order valence-corrected chi connectivity index (χ2v) is 4.40. The topological polar surface area (TPSA) is 67.2 Å². The van der Waals surface area contributed by atoms with Crippen LogP contribution in [-0.2, 0) is 4.79 Å². The molecule has 2 aromatic rings. The zero-order chi connectivity index (χ0) is 13.7. The number of hydrogen-bond donors (Lipinski definition) is 2. The Morgan fingerprint density at radius 2 is 2.21 bits per heavy atom. The predicted molar refractivity (Wildman–Crippen MR) is 73.1 cm³/mol. The van der Waals surface area contributed by atoms with Crippen LogP contribution in [0.15, 0.2) is 42.7 Å². The molecule has 0 bridgehead atoms. The molecule has 1 heterocycles. The van der Waals surface area contributed by atoms with Gasteiger partial charge in [-0.25, -0.2) is 4.68 Å². The molecule has 2 rings (SSSR count). The molecule has 0 saturated carbocycles. The maximum Gasteiger partial charge on any atom is 0.224 e. The first-order valence-corrected chi connectivity index (χ1v) is 6.24. The van der Waals surface area contributed by atoms with Crippen LogP contribution in [0.3, 0.4) is 0 Å². The summed E-state index contributed by atoms with van der Waals surface area (Å²) >= 11 is 0. The van der Waals surface area contributed by atoms with Gasteiger partial charge in [0, 0.05) is 18.8 Å². The molecular formula is C14H17N3O2. The maximum absolute atomic E-state index is 11.8. The van der Waals surface area contributed by atoms with Crippen LogP contribution in [0.5, 0.6) is 0 Å². The van der Waals surface area contributed by atoms with E-state index in [2.05, 4.69) is 10.4 Å². The van der Waals surface area contributed by atoms with E-state index >= 15 is 0 Å². The number of nitrogens with one attached hydrogen (secondary N) is 1. The molecule has 1 unspecified atom stereocenters. The van der Waals surface area contributed by atoms with E-state index in [0.717, 1.165) is 5.69 Å². The Bertz CT molecular complexity index is 535. The van der Waals surface area contributed by atoms with Crippen molar-refractivity contribution in [3.8, 4) is 5.69 Å². The number of hydrogen-bond acceptors (Lipinski definition) is 3. The highest BCUT2D eigenvalue weighted by atomic mass is 16.3. The van der Waals surface area contributed by atoms with Gasteiger partial charge in [-0.1, -0.05) is 12.1 Å². The Balaban J connectivity index is 2.10. The smallest absolute Gasteiger partial charge is 0.224 e. The van der Waals surface area contributed by atoms with Crippen molar-refractivity contribution < 1.29 is 9.90 Å². The van der Waals surface area contributed by atoms with Gasteiger partial charge in [0.2, 0.25) is 5.91 Å². The van der Waals surface area contributed by atoms with Crippen molar-refractivity contribution in [1.82, 2.24) is 9.78 Å². The molecule has 1 amide bonds. The highest BCUT2D eigenvalue weighted by Crippen LogP contribution is 2.19. The van der Waals surface area contributed by atoms with Gasteiger partial charge in [-0.15, -0.1) is 0 Å². The fourth-order valence-corrected chi connectivity index (χ4v) is 1.74. The number of rotatable bonds is 5. The quantitative estimate of drug-likeness (QED) is 0.862. The van der Waals surface area contributed by atoms with E-state index in [-0.39, 0.29) is 5.91 Å². The highest BCUT2D eigenvalue weighted by Gasteiger charge is 2.09. The van der Waals surface area contributed by atoms with E-state index in [9.17, 15) is 9.90 Å². The molecule has 1 aromatic carbocycles. The minimum absolute atomic E-state index is 0.111. The van der Waals surface area contributed by atoms with Gasteiger partial charge in [0.1, 0.15) is 0 Å². The summed E-state index contributed by atoms with van der Waals surface area (Å²) in [6.45, 7) is 1.67. The predicted octanol–water partition coefficient (Wildman–Crippen LogP) is 1.97. The van der Waals surface area contributed by atoms with E-state index < -0.39 is 6.10 Å². The number of aliphatic hydroxyl groups is 1. The number of para-hydroxylation sites is 2. The van der Waals surface area contributed by atoms with Gasteiger partial charge in [0.05, 0.1) is 17.5 Å².